The van der Waals surface area contributed by atoms with E-state index >= 15 is 0 Å². The molecule has 72 valence electrons. The van der Waals surface area contributed by atoms with Crippen LogP contribution < -0.4 is 0 Å². The molecule has 0 aliphatic carbocycles. The summed E-state index contributed by atoms with van der Waals surface area (Å²) in [7, 11) is -2.31. The average Bonchev–Trinajstić information content (AvgIpc) is 2.29. The lowest BCUT2D eigenvalue weighted by Gasteiger charge is -2.17. The Morgan fingerprint density at radius 3 is 2.67 bits per heavy atom. The molecule has 0 N–H and O–H groups in total. The van der Waals surface area contributed by atoms with E-state index in [0.29, 0.717) is 6.42 Å². The Kier molecular flexibility index (Phi) is 3.06. The van der Waals surface area contributed by atoms with Gasteiger partial charge in [0.15, 0.2) is 0 Å². The Morgan fingerprint density at radius 2 is 2.25 bits per heavy atom. The number of likely N-dealkylation sites (tertiary alicyclic amines) is 1. The molecule has 1 fully saturated rings. The third-order valence-corrected chi connectivity index (χ3v) is 3.09. The lowest BCUT2D eigenvalue weighted by molar-refractivity contribution is 0.304. The molecule has 1 atom stereocenters. The van der Waals surface area contributed by atoms with E-state index in [1.54, 1.807) is 0 Å². The molecule has 1 saturated heterocycles. The highest BCUT2D eigenvalue weighted by molar-refractivity contribution is 7.86. The summed E-state index contributed by atoms with van der Waals surface area (Å²) in [4.78, 5) is 2.09. The molecule has 0 aromatic rings. The van der Waals surface area contributed by atoms with Crippen molar-refractivity contribution in [1.29, 1.82) is 0 Å². The molecule has 0 saturated carbocycles. The second kappa shape index (κ2) is 3.70. The Balaban J connectivity index is 2.32. The Labute approximate surface area is 72.8 Å². The van der Waals surface area contributed by atoms with E-state index in [9.17, 15) is 12.3 Å². The predicted molar refractivity (Wildman–Crippen MR) is 45.2 cm³/mol. The first-order valence-electron chi connectivity index (χ1n) is 4.11. The first-order valence-corrected chi connectivity index (χ1v) is 5.67. The smallest absolute Gasteiger partial charge is 0.302 e. The van der Waals surface area contributed by atoms with Crippen molar-refractivity contribution in [3.63, 3.8) is 0 Å². The van der Waals surface area contributed by atoms with Crippen molar-refractivity contribution < 1.29 is 12.3 Å². The van der Waals surface area contributed by atoms with E-state index < -0.39 is 10.2 Å². The molecule has 0 aromatic carbocycles. The van der Waals surface area contributed by atoms with Crippen LogP contribution >= 0.6 is 0 Å². The fourth-order valence-corrected chi connectivity index (χ4v) is 2.17. The van der Waals surface area contributed by atoms with Crippen LogP contribution in [0, 0.1) is 0 Å². The Morgan fingerprint density at radius 1 is 1.58 bits per heavy atom. The van der Waals surface area contributed by atoms with Crippen molar-refractivity contribution in [2.75, 3.05) is 19.3 Å². The second-order valence-corrected chi connectivity index (χ2v) is 4.79. The van der Waals surface area contributed by atoms with E-state index in [4.69, 9.17) is 0 Å². The van der Waals surface area contributed by atoms with Crippen molar-refractivity contribution >= 4 is 10.2 Å². The predicted octanol–water partition coefficient (Wildman–Crippen LogP) is 0.770. The molecule has 0 spiro atoms. The molecule has 0 amide bonds. The maximum absolute atomic E-state index is 12.1. The van der Waals surface area contributed by atoms with Gasteiger partial charge in [-0.05, 0) is 32.9 Å². The van der Waals surface area contributed by atoms with Crippen LogP contribution in [-0.4, -0.2) is 38.7 Å². The molecule has 1 aliphatic heterocycles. The van der Waals surface area contributed by atoms with Crippen LogP contribution in [0.1, 0.15) is 19.3 Å². The SMILES string of the molecule is CN1CCCC1CCS(=O)(=O)F. The number of halogens is 1. The van der Waals surface area contributed by atoms with Gasteiger partial charge in [-0.1, -0.05) is 0 Å². The van der Waals surface area contributed by atoms with Gasteiger partial charge in [-0.25, -0.2) is 0 Å². The fourth-order valence-electron chi connectivity index (χ4n) is 1.62. The van der Waals surface area contributed by atoms with Crippen LogP contribution in [0.5, 0.6) is 0 Å². The summed E-state index contributed by atoms with van der Waals surface area (Å²) in [5, 5.41) is 0. The molecule has 1 unspecified atom stereocenters. The molecule has 1 aliphatic rings. The number of nitrogens with zero attached hydrogens (tertiary/aromatic N) is 1. The quantitative estimate of drug-likeness (QED) is 0.624. The summed E-state index contributed by atoms with van der Waals surface area (Å²) in [5.74, 6) is -0.331. The van der Waals surface area contributed by atoms with Crippen molar-refractivity contribution in [3.05, 3.63) is 0 Å². The van der Waals surface area contributed by atoms with Crippen molar-refractivity contribution in [2.24, 2.45) is 0 Å². The van der Waals surface area contributed by atoms with Gasteiger partial charge in [0.1, 0.15) is 0 Å². The lowest BCUT2D eigenvalue weighted by Crippen LogP contribution is -2.26. The highest BCUT2D eigenvalue weighted by Crippen LogP contribution is 2.18. The zero-order valence-corrected chi connectivity index (χ0v) is 7.98. The molecule has 0 aromatic heterocycles. The summed E-state index contributed by atoms with van der Waals surface area (Å²) in [5.41, 5.74) is 0. The standard InChI is InChI=1S/C7H14FNO2S/c1-9-5-2-3-7(9)4-6-12(8,10)11/h7H,2-6H2,1H3. The zero-order chi connectivity index (χ0) is 9.19. The van der Waals surface area contributed by atoms with Crippen molar-refractivity contribution in [2.45, 2.75) is 25.3 Å². The molecule has 3 nitrogen and oxygen atoms in total. The van der Waals surface area contributed by atoms with Gasteiger partial charge in [0.25, 0.3) is 0 Å². The lowest BCUT2D eigenvalue weighted by atomic mass is 10.2. The third-order valence-electron chi connectivity index (χ3n) is 2.37. The summed E-state index contributed by atoms with van der Waals surface area (Å²) >= 11 is 0. The molecular weight excluding hydrogens is 181 g/mol. The minimum atomic E-state index is -4.26. The van der Waals surface area contributed by atoms with Gasteiger partial charge >= 0.3 is 10.2 Å². The molecule has 1 heterocycles. The molecule has 12 heavy (non-hydrogen) atoms. The van der Waals surface area contributed by atoms with Gasteiger partial charge in [-0.3, -0.25) is 0 Å². The van der Waals surface area contributed by atoms with Gasteiger partial charge in [-0.15, -0.1) is 3.89 Å². The zero-order valence-electron chi connectivity index (χ0n) is 7.16. The second-order valence-electron chi connectivity index (χ2n) is 3.31. The first kappa shape index (κ1) is 9.92. The normalized spacial score (nSPS) is 26.3. The maximum Gasteiger partial charge on any atom is 0.302 e. The summed E-state index contributed by atoms with van der Waals surface area (Å²) < 4.78 is 32.5. The molecule has 0 bridgehead atoms. The minimum absolute atomic E-state index is 0.260. The maximum atomic E-state index is 12.1. The summed E-state index contributed by atoms with van der Waals surface area (Å²) in [6.45, 7) is 0.997. The molecule has 0 radical (unpaired) electrons. The van der Waals surface area contributed by atoms with Crippen LogP contribution in [0.2, 0.25) is 0 Å². The Bertz CT molecular complexity index is 240. The van der Waals surface area contributed by atoms with Gasteiger partial charge in [0.05, 0.1) is 5.75 Å². The molecule has 1 rings (SSSR count). The topological polar surface area (TPSA) is 37.4 Å². The van der Waals surface area contributed by atoms with E-state index in [-0.39, 0.29) is 11.8 Å². The molecule has 5 heteroatoms. The van der Waals surface area contributed by atoms with Crippen molar-refractivity contribution in [3.8, 4) is 0 Å². The summed E-state index contributed by atoms with van der Waals surface area (Å²) in [6, 6.07) is 0.260. The van der Waals surface area contributed by atoms with Crippen molar-refractivity contribution in [1.82, 2.24) is 4.90 Å². The van der Waals surface area contributed by atoms with Crippen LogP contribution in [0.4, 0.5) is 3.89 Å². The van der Waals surface area contributed by atoms with Crippen LogP contribution in [-0.2, 0) is 10.2 Å². The Hall–Kier alpha value is -0.160. The minimum Gasteiger partial charge on any atom is -0.303 e. The third kappa shape index (κ3) is 3.06. The monoisotopic (exact) mass is 195 g/mol. The first-order chi connectivity index (χ1) is 5.49. The summed E-state index contributed by atoms with van der Waals surface area (Å²) in [6.07, 6.45) is 2.51. The number of rotatable bonds is 3. The van der Waals surface area contributed by atoms with Gasteiger partial charge in [0.2, 0.25) is 0 Å². The van der Waals surface area contributed by atoms with Crippen LogP contribution in [0.25, 0.3) is 0 Å². The highest BCUT2D eigenvalue weighted by atomic mass is 32.3. The van der Waals surface area contributed by atoms with E-state index in [1.807, 2.05) is 7.05 Å². The molecular formula is C7H14FNO2S. The largest absolute Gasteiger partial charge is 0.303 e. The van der Waals surface area contributed by atoms with Gasteiger partial charge in [0, 0.05) is 6.04 Å². The van der Waals surface area contributed by atoms with Crippen LogP contribution in [0.3, 0.4) is 0 Å². The highest BCUT2D eigenvalue weighted by Gasteiger charge is 2.22. The average molecular weight is 195 g/mol. The van der Waals surface area contributed by atoms with Gasteiger partial charge in [-0.2, -0.15) is 8.42 Å². The van der Waals surface area contributed by atoms with E-state index in [2.05, 4.69) is 4.90 Å². The van der Waals surface area contributed by atoms with Crippen LogP contribution in [0.15, 0.2) is 0 Å². The number of hydrogen-bond donors (Lipinski definition) is 0. The number of hydrogen-bond acceptors (Lipinski definition) is 3. The van der Waals surface area contributed by atoms with E-state index in [1.165, 1.54) is 0 Å². The van der Waals surface area contributed by atoms with E-state index in [0.717, 1.165) is 19.4 Å². The fraction of sp³-hybridized carbons (Fsp3) is 1.00. The van der Waals surface area contributed by atoms with Gasteiger partial charge < -0.3 is 4.90 Å².